The van der Waals surface area contributed by atoms with E-state index in [1.807, 2.05) is 44.2 Å². The second kappa shape index (κ2) is 6.61. The van der Waals surface area contributed by atoms with Gasteiger partial charge in [0.25, 0.3) is 5.91 Å². The van der Waals surface area contributed by atoms with Crippen molar-refractivity contribution >= 4 is 17.5 Å². The number of hydrogen-bond acceptors (Lipinski definition) is 5. The zero-order chi connectivity index (χ0) is 18.3. The Bertz CT molecular complexity index is 817. The van der Waals surface area contributed by atoms with Crippen molar-refractivity contribution in [1.29, 1.82) is 0 Å². The number of carbonyl (C=O) groups is 2. The molecule has 0 N–H and O–H groups in total. The topological polar surface area (TPSA) is 63.0 Å². The Labute approximate surface area is 152 Å². The van der Waals surface area contributed by atoms with Crippen LogP contribution in [0, 0.1) is 12.8 Å². The Kier molecular flexibility index (Phi) is 4.28. The number of unbranched alkanes of at least 4 members (excludes halogenated alkanes) is 1. The number of imide groups is 1. The number of likely N-dealkylation sites (tertiary alicyclic amines) is 1. The summed E-state index contributed by atoms with van der Waals surface area (Å²) in [6.45, 7) is 4.46. The molecule has 0 saturated carbocycles. The van der Waals surface area contributed by atoms with Crippen LogP contribution in [0.2, 0.25) is 0 Å². The SMILES string of the molecule is CCCCN1C(=O)[C@H]2[C@H](ON(c3ccccc3C)[C@H]2c2ccco2)C1=O. The van der Waals surface area contributed by atoms with E-state index in [1.165, 1.54) is 4.90 Å². The number of carbonyl (C=O) groups excluding carboxylic acids is 2. The van der Waals surface area contributed by atoms with Crippen LogP contribution in [-0.2, 0) is 14.4 Å². The largest absolute Gasteiger partial charge is 0.467 e. The van der Waals surface area contributed by atoms with Crippen LogP contribution in [0.25, 0.3) is 0 Å². The molecule has 6 heteroatoms. The van der Waals surface area contributed by atoms with Gasteiger partial charge in [-0.2, -0.15) is 0 Å². The lowest BCUT2D eigenvalue weighted by molar-refractivity contribution is -0.143. The molecule has 136 valence electrons. The Balaban J connectivity index is 1.73. The number of furan rings is 1. The van der Waals surface area contributed by atoms with Gasteiger partial charge in [0.05, 0.1) is 12.0 Å². The molecular weight excluding hydrogens is 332 g/mol. The van der Waals surface area contributed by atoms with Gasteiger partial charge in [-0.25, -0.2) is 5.06 Å². The number of hydroxylamine groups is 1. The minimum absolute atomic E-state index is 0.175. The van der Waals surface area contributed by atoms with Crippen molar-refractivity contribution in [3.63, 3.8) is 0 Å². The van der Waals surface area contributed by atoms with E-state index in [2.05, 4.69) is 0 Å². The van der Waals surface area contributed by atoms with Gasteiger partial charge in [0.15, 0.2) is 6.10 Å². The summed E-state index contributed by atoms with van der Waals surface area (Å²) >= 11 is 0. The van der Waals surface area contributed by atoms with Crippen LogP contribution in [0.3, 0.4) is 0 Å². The first-order chi connectivity index (χ1) is 12.6. The highest BCUT2D eigenvalue weighted by molar-refractivity contribution is 6.07. The minimum Gasteiger partial charge on any atom is -0.467 e. The Morgan fingerprint density at radius 3 is 2.58 bits per heavy atom. The molecular formula is C20H22N2O4. The summed E-state index contributed by atoms with van der Waals surface area (Å²) in [5, 5.41) is 1.68. The molecule has 0 bridgehead atoms. The highest BCUT2D eigenvalue weighted by Crippen LogP contribution is 2.47. The summed E-state index contributed by atoms with van der Waals surface area (Å²) < 4.78 is 5.61. The van der Waals surface area contributed by atoms with Crippen LogP contribution >= 0.6 is 0 Å². The van der Waals surface area contributed by atoms with Gasteiger partial charge >= 0.3 is 0 Å². The number of nitrogens with zero attached hydrogens (tertiary/aromatic N) is 2. The molecule has 2 aliphatic heterocycles. The average Bonchev–Trinajstić information content (AvgIpc) is 3.33. The quantitative estimate of drug-likeness (QED) is 0.772. The van der Waals surface area contributed by atoms with Crippen LogP contribution in [0.4, 0.5) is 5.69 Å². The van der Waals surface area contributed by atoms with Crippen molar-refractivity contribution < 1.29 is 18.8 Å². The number of aryl methyl sites for hydroxylation is 1. The number of amides is 2. The van der Waals surface area contributed by atoms with Gasteiger partial charge in [-0.1, -0.05) is 31.5 Å². The Hall–Kier alpha value is -2.60. The monoisotopic (exact) mass is 354 g/mol. The second-order valence-corrected chi connectivity index (χ2v) is 6.81. The summed E-state index contributed by atoms with van der Waals surface area (Å²) in [6, 6.07) is 10.9. The summed E-state index contributed by atoms with van der Waals surface area (Å²) in [4.78, 5) is 33.2. The summed E-state index contributed by atoms with van der Waals surface area (Å²) in [5.41, 5.74) is 1.84. The van der Waals surface area contributed by atoms with Gasteiger partial charge in [0, 0.05) is 6.54 Å². The average molecular weight is 354 g/mol. The van der Waals surface area contributed by atoms with Crippen molar-refractivity contribution in [3.8, 4) is 0 Å². The first-order valence-electron chi connectivity index (χ1n) is 9.03. The first kappa shape index (κ1) is 16.8. The Morgan fingerprint density at radius 1 is 1.08 bits per heavy atom. The number of hydrogen-bond donors (Lipinski definition) is 0. The molecule has 2 aliphatic rings. The molecule has 2 fully saturated rings. The molecule has 0 aliphatic carbocycles. The third-order valence-corrected chi connectivity index (χ3v) is 5.13. The van der Waals surface area contributed by atoms with Crippen molar-refractivity contribution in [2.45, 2.75) is 38.8 Å². The fraction of sp³-hybridized carbons (Fsp3) is 0.400. The van der Waals surface area contributed by atoms with Crippen molar-refractivity contribution in [3.05, 3.63) is 54.0 Å². The molecule has 0 radical (unpaired) electrons. The smallest absolute Gasteiger partial charge is 0.262 e. The normalized spacial score (nSPS) is 25.2. The van der Waals surface area contributed by atoms with Gasteiger partial charge in [-0.05, 0) is 37.1 Å². The minimum atomic E-state index is -0.797. The van der Waals surface area contributed by atoms with Gasteiger partial charge in [-0.15, -0.1) is 0 Å². The molecule has 3 heterocycles. The molecule has 0 spiro atoms. The highest BCUT2D eigenvalue weighted by Gasteiger charge is 2.60. The number of para-hydroxylation sites is 1. The van der Waals surface area contributed by atoms with E-state index in [0.29, 0.717) is 12.3 Å². The molecule has 1 aromatic heterocycles. The first-order valence-corrected chi connectivity index (χ1v) is 9.03. The molecule has 26 heavy (non-hydrogen) atoms. The van der Waals surface area contributed by atoms with Crippen LogP contribution in [0.1, 0.15) is 37.1 Å². The predicted molar refractivity (Wildman–Crippen MR) is 95.1 cm³/mol. The van der Waals surface area contributed by atoms with Gasteiger partial charge in [0.2, 0.25) is 5.91 Å². The molecule has 4 rings (SSSR count). The molecule has 6 nitrogen and oxygen atoms in total. The summed E-state index contributed by atoms with van der Waals surface area (Å²) in [7, 11) is 0. The van der Waals surface area contributed by atoms with E-state index in [4.69, 9.17) is 9.25 Å². The Morgan fingerprint density at radius 2 is 1.88 bits per heavy atom. The third kappa shape index (κ3) is 2.52. The van der Waals surface area contributed by atoms with E-state index < -0.39 is 18.1 Å². The standard InChI is InChI=1S/C20H22N2O4/c1-3-4-11-21-19(23)16-17(15-10-7-12-25-15)22(26-18(16)20(21)24)14-9-6-5-8-13(14)2/h5-10,12,16-18H,3-4,11H2,1-2H3/t16-,17+,18+/m1/s1. The van der Waals surface area contributed by atoms with E-state index in [9.17, 15) is 9.59 Å². The summed E-state index contributed by atoms with van der Waals surface area (Å²) in [5.74, 6) is -0.392. The van der Waals surface area contributed by atoms with Gasteiger partial charge in [0.1, 0.15) is 17.7 Å². The van der Waals surface area contributed by atoms with E-state index in [0.717, 1.165) is 24.1 Å². The number of rotatable bonds is 5. The van der Waals surface area contributed by atoms with Crippen molar-refractivity contribution in [1.82, 2.24) is 4.90 Å². The summed E-state index contributed by atoms with van der Waals surface area (Å²) in [6.07, 6.45) is 2.50. The molecule has 2 saturated heterocycles. The second-order valence-electron chi connectivity index (χ2n) is 6.81. The zero-order valence-corrected chi connectivity index (χ0v) is 14.9. The van der Waals surface area contributed by atoms with Crippen molar-refractivity contribution in [2.24, 2.45) is 5.92 Å². The highest BCUT2D eigenvalue weighted by atomic mass is 16.7. The van der Waals surface area contributed by atoms with E-state index in [-0.39, 0.29) is 11.8 Å². The number of fused-ring (bicyclic) bond motifs is 1. The maximum absolute atomic E-state index is 13.0. The van der Waals surface area contributed by atoms with Crippen LogP contribution in [0.5, 0.6) is 0 Å². The molecule has 2 aromatic rings. The third-order valence-electron chi connectivity index (χ3n) is 5.13. The fourth-order valence-corrected chi connectivity index (χ4v) is 3.78. The van der Waals surface area contributed by atoms with Crippen molar-refractivity contribution in [2.75, 3.05) is 11.6 Å². The van der Waals surface area contributed by atoms with Crippen LogP contribution in [0.15, 0.2) is 47.1 Å². The molecule has 2 amide bonds. The zero-order valence-electron chi connectivity index (χ0n) is 14.9. The molecule has 1 aromatic carbocycles. The molecule has 0 unspecified atom stereocenters. The predicted octanol–water partition coefficient (Wildman–Crippen LogP) is 3.23. The maximum atomic E-state index is 13.0. The maximum Gasteiger partial charge on any atom is 0.262 e. The lowest BCUT2D eigenvalue weighted by Gasteiger charge is -2.28. The number of benzene rings is 1. The van der Waals surface area contributed by atoms with Gasteiger partial charge in [-0.3, -0.25) is 19.3 Å². The number of anilines is 1. The van der Waals surface area contributed by atoms with E-state index >= 15 is 0 Å². The fourth-order valence-electron chi connectivity index (χ4n) is 3.78. The van der Waals surface area contributed by atoms with Gasteiger partial charge < -0.3 is 4.42 Å². The van der Waals surface area contributed by atoms with Crippen LogP contribution in [-0.4, -0.2) is 29.4 Å². The van der Waals surface area contributed by atoms with E-state index in [1.54, 1.807) is 17.4 Å². The molecule has 3 atom stereocenters. The lowest BCUT2D eigenvalue weighted by atomic mass is 9.94. The lowest BCUT2D eigenvalue weighted by Crippen LogP contribution is -2.37. The van der Waals surface area contributed by atoms with Crippen LogP contribution < -0.4 is 5.06 Å².